The molecule has 0 spiro atoms. The van der Waals surface area contributed by atoms with E-state index in [1.165, 1.54) is 0 Å². The van der Waals surface area contributed by atoms with Gasteiger partial charge in [-0.3, -0.25) is 9.59 Å². The highest BCUT2D eigenvalue weighted by molar-refractivity contribution is 7.91. The Morgan fingerprint density at radius 2 is 1.96 bits per heavy atom. The topological polar surface area (TPSA) is 92.3 Å². The Morgan fingerprint density at radius 1 is 1.24 bits per heavy atom. The van der Waals surface area contributed by atoms with Crippen LogP contribution >= 0.6 is 0 Å². The molecule has 136 valence electrons. The lowest BCUT2D eigenvalue weighted by atomic mass is 10.0. The largest absolute Gasteiger partial charge is 0.351 e. The summed E-state index contributed by atoms with van der Waals surface area (Å²) in [6.07, 6.45) is 2.20. The van der Waals surface area contributed by atoms with Gasteiger partial charge in [0, 0.05) is 11.7 Å². The molecule has 1 aromatic carbocycles. The minimum Gasteiger partial charge on any atom is -0.351 e. The zero-order valence-corrected chi connectivity index (χ0v) is 15.4. The fourth-order valence-corrected chi connectivity index (χ4v) is 5.02. The van der Waals surface area contributed by atoms with Crippen molar-refractivity contribution in [3.05, 3.63) is 29.3 Å². The molecule has 0 radical (unpaired) electrons. The number of sulfone groups is 1. The van der Waals surface area contributed by atoms with Crippen LogP contribution in [0.5, 0.6) is 0 Å². The third kappa shape index (κ3) is 3.56. The Labute approximate surface area is 148 Å². The zero-order valence-electron chi connectivity index (χ0n) is 14.6. The van der Waals surface area contributed by atoms with Gasteiger partial charge in [0.15, 0.2) is 9.84 Å². The molecule has 1 aliphatic heterocycles. The Bertz CT molecular complexity index is 812. The van der Waals surface area contributed by atoms with Crippen molar-refractivity contribution in [3.8, 4) is 0 Å². The number of carbonyl (C=O) groups excluding carboxylic acids is 2. The van der Waals surface area contributed by atoms with E-state index in [-0.39, 0.29) is 29.4 Å². The van der Waals surface area contributed by atoms with Gasteiger partial charge >= 0.3 is 0 Å². The third-order valence-corrected chi connectivity index (χ3v) is 6.93. The molecule has 1 heterocycles. The molecular weight excluding hydrogens is 340 g/mol. The van der Waals surface area contributed by atoms with Crippen molar-refractivity contribution in [1.29, 1.82) is 0 Å². The van der Waals surface area contributed by atoms with Crippen LogP contribution in [0, 0.1) is 12.3 Å². The smallest absolute Gasteiger partial charge is 0.240 e. The van der Waals surface area contributed by atoms with Gasteiger partial charge in [-0.15, -0.1) is 0 Å². The molecule has 0 bridgehead atoms. The molecule has 0 aromatic heterocycles. The number of para-hydroxylation sites is 1. The lowest BCUT2D eigenvalue weighted by Crippen LogP contribution is -2.45. The second kappa shape index (κ2) is 6.44. The van der Waals surface area contributed by atoms with Gasteiger partial charge in [-0.2, -0.15) is 0 Å². The number of amides is 2. The number of hydrogen-bond acceptors (Lipinski definition) is 4. The van der Waals surface area contributed by atoms with Crippen LogP contribution in [0.25, 0.3) is 0 Å². The Kier molecular flexibility index (Phi) is 4.62. The van der Waals surface area contributed by atoms with Gasteiger partial charge in [-0.1, -0.05) is 25.1 Å². The first kappa shape index (κ1) is 17.9. The van der Waals surface area contributed by atoms with E-state index in [0.29, 0.717) is 19.3 Å². The molecule has 2 fully saturated rings. The van der Waals surface area contributed by atoms with E-state index in [1.54, 1.807) is 0 Å². The molecule has 1 aliphatic carbocycles. The van der Waals surface area contributed by atoms with Crippen LogP contribution in [0.2, 0.25) is 0 Å². The second-order valence-corrected chi connectivity index (χ2v) is 9.30. The predicted molar refractivity (Wildman–Crippen MR) is 96.1 cm³/mol. The highest BCUT2D eigenvalue weighted by Gasteiger charge is 2.57. The van der Waals surface area contributed by atoms with E-state index in [0.717, 1.165) is 23.2 Å². The van der Waals surface area contributed by atoms with Crippen molar-refractivity contribution in [2.24, 2.45) is 5.41 Å². The number of rotatable bonds is 5. The van der Waals surface area contributed by atoms with E-state index in [4.69, 9.17) is 0 Å². The van der Waals surface area contributed by atoms with Gasteiger partial charge in [0.2, 0.25) is 11.8 Å². The van der Waals surface area contributed by atoms with Crippen molar-refractivity contribution in [3.63, 3.8) is 0 Å². The Hall–Kier alpha value is -1.89. The maximum Gasteiger partial charge on any atom is 0.240 e. The quantitative estimate of drug-likeness (QED) is 0.776. The van der Waals surface area contributed by atoms with Gasteiger partial charge in [-0.25, -0.2) is 8.42 Å². The van der Waals surface area contributed by atoms with Gasteiger partial charge < -0.3 is 10.6 Å². The summed E-state index contributed by atoms with van der Waals surface area (Å²) in [6, 6.07) is 5.46. The number of hydrogen-bond donors (Lipinski definition) is 2. The summed E-state index contributed by atoms with van der Waals surface area (Å²) in [5, 5.41) is 5.70. The van der Waals surface area contributed by atoms with E-state index in [2.05, 4.69) is 10.6 Å². The second-order valence-electron chi connectivity index (χ2n) is 7.07. The summed E-state index contributed by atoms with van der Waals surface area (Å²) in [5.41, 5.74) is 1.72. The monoisotopic (exact) mass is 364 g/mol. The number of aryl methyl sites for hydroxylation is 2. The third-order valence-electron chi connectivity index (χ3n) is 5.17. The zero-order chi connectivity index (χ0) is 18.2. The van der Waals surface area contributed by atoms with E-state index in [9.17, 15) is 18.0 Å². The van der Waals surface area contributed by atoms with Crippen molar-refractivity contribution in [2.45, 2.75) is 45.6 Å². The van der Waals surface area contributed by atoms with Crippen LogP contribution < -0.4 is 10.6 Å². The molecule has 25 heavy (non-hydrogen) atoms. The molecule has 1 unspecified atom stereocenters. The summed E-state index contributed by atoms with van der Waals surface area (Å²) in [4.78, 5) is 25.4. The first-order chi connectivity index (χ1) is 11.8. The Morgan fingerprint density at radius 3 is 2.52 bits per heavy atom. The molecule has 2 amide bonds. The summed E-state index contributed by atoms with van der Waals surface area (Å²) < 4.78 is 23.1. The van der Waals surface area contributed by atoms with Crippen LogP contribution in [-0.4, -0.2) is 37.8 Å². The maximum absolute atomic E-state index is 12.8. The van der Waals surface area contributed by atoms with Gasteiger partial charge in [0.25, 0.3) is 0 Å². The minimum absolute atomic E-state index is 0.0335. The lowest BCUT2D eigenvalue weighted by molar-refractivity contribution is -0.134. The SMILES string of the molecule is CCc1cccc(C)c1NC(=O)C1(C(=O)NC2CCS(=O)(=O)C2)CC1. The van der Waals surface area contributed by atoms with Crippen molar-refractivity contribution in [2.75, 3.05) is 16.8 Å². The van der Waals surface area contributed by atoms with E-state index >= 15 is 0 Å². The molecule has 7 heteroatoms. The fourth-order valence-electron chi connectivity index (χ4n) is 3.35. The summed E-state index contributed by atoms with van der Waals surface area (Å²) >= 11 is 0. The molecule has 3 rings (SSSR count). The van der Waals surface area contributed by atoms with Crippen LogP contribution in [0.1, 0.15) is 37.3 Å². The highest BCUT2D eigenvalue weighted by Crippen LogP contribution is 2.47. The number of benzene rings is 1. The first-order valence-corrected chi connectivity index (χ1v) is 10.5. The van der Waals surface area contributed by atoms with Crippen molar-refractivity contribution in [1.82, 2.24) is 5.32 Å². The summed E-state index contributed by atoms with van der Waals surface area (Å²) in [6.45, 7) is 3.95. The first-order valence-electron chi connectivity index (χ1n) is 8.69. The normalized spacial score (nSPS) is 23.0. The Balaban J connectivity index is 1.71. The van der Waals surface area contributed by atoms with Crippen LogP contribution in [0.3, 0.4) is 0 Å². The average molecular weight is 364 g/mol. The molecule has 6 nitrogen and oxygen atoms in total. The lowest BCUT2D eigenvalue weighted by Gasteiger charge is -2.20. The van der Waals surface area contributed by atoms with Gasteiger partial charge in [0.1, 0.15) is 5.41 Å². The number of anilines is 1. The van der Waals surface area contributed by atoms with E-state index in [1.807, 2.05) is 32.0 Å². The van der Waals surface area contributed by atoms with Crippen molar-refractivity contribution < 1.29 is 18.0 Å². The number of carbonyl (C=O) groups is 2. The van der Waals surface area contributed by atoms with Crippen molar-refractivity contribution >= 4 is 27.3 Å². The summed E-state index contributed by atoms with van der Waals surface area (Å²) in [7, 11) is -3.06. The highest BCUT2D eigenvalue weighted by atomic mass is 32.2. The van der Waals surface area contributed by atoms with Gasteiger partial charge in [0.05, 0.1) is 11.5 Å². The molecule has 1 atom stereocenters. The molecular formula is C18H24N2O4S. The minimum atomic E-state index is -3.06. The van der Waals surface area contributed by atoms with E-state index < -0.39 is 15.3 Å². The van der Waals surface area contributed by atoms with Gasteiger partial charge in [-0.05, 0) is 43.7 Å². The fraction of sp³-hybridized carbons (Fsp3) is 0.556. The average Bonchev–Trinajstić information content (AvgIpc) is 3.30. The molecule has 2 N–H and O–H groups in total. The van der Waals surface area contributed by atoms with Crippen LogP contribution in [0.15, 0.2) is 18.2 Å². The molecule has 2 aliphatic rings. The number of nitrogens with one attached hydrogen (secondary N) is 2. The maximum atomic E-state index is 12.8. The summed E-state index contributed by atoms with van der Waals surface area (Å²) in [5.74, 6) is -0.581. The van der Waals surface area contributed by atoms with Crippen LogP contribution in [-0.2, 0) is 25.8 Å². The standard InChI is InChI=1S/C18H24N2O4S/c1-3-13-6-4-5-12(2)15(13)20-17(22)18(8-9-18)16(21)19-14-7-10-25(23,24)11-14/h4-6,14H,3,7-11H2,1-2H3,(H,19,21)(H,20,22). The molecule has 1 aromatic rings. The predicted octanol–water partition coefficient (Wildman–Crippen LogP) is 1.58. The van der Waals surface area contributed by atoms with Crippen LogP contribution in [0.4, 0.5) is 5.69 Å². The molecule has 1 saturated heterocycles. The molecule has 1 saturated carbocycles.